The van der Waals surface area contributed by atoms with Gasteiger partial charge < -0.3 is 14.4 Å². The molecule has 1 amide bonds. The minimum absolute atomic E-state index is 0.000139. The molecule has 1 fully saturated rings. The first-order valence-electron chi connectivity index (χ1n) is 6.59. The summed E-state index contributed by atoms with van der Waals surface area (Å²) < 4.78 is 5.38. The highest BCUT2D eigenvalue weighted by Crippen LogP contribution is 2.37. The van der Waals surface area contributed by atoms with Gasteiger partial charge in [0.1, 0.15) is 11.8 Å². The van der Waals surface area contributed by atoms with Gasteiger partial charge >= 0.3 is 5.97 Å². The molecule has 2 atom stereocenters. The van der Waals surface area contributed by atoms with E-state index < -0.39 is 17.9 Å². The predicted molar refractivity (Wildman–Crippen MR) is 68.4 cm³/mol. The molecular weight excluding hydrogens is 246 g/mol. The van der Waals surface area contributed by atoms with Crippen molar-refractivity contribution < 1.29 is 19.1 Å². The molecular formula is C14H19NO4. The number of aliphatic carboxylic acids is 1. The maximum atomic E-state index is 12.2. The van der Waals surface area contributed by atoms with Crippen LogP contribution in [0.5, 0.6) is 0 Å². The smallest absolute Gasteiger partial charge is 0.309 e. The Morgan fingerprint density at radius 3 is 2.79 bits per heavy atom. The SMILES string of the molecule is CC(C)N1C(=O)CCCC(C(=O)O)C1c1ccco1. The van der Waals surface area contributed by atoms with Crippen LogP contribution in [-0.4, -0.2) is 27.9 Å². The lowest BCUT2D eigenvalue weighted by Gasteiger charge is -2.35. The zero-order chi connectivity index (χ0) is 14.0. The maximum absolute atomic E-state index is 12.2. The van der Waals surface area contributed by atoms with E-state index in [1.807, 2.05) is 13.8 Å². The molecule has 1 aromatic heterocycles. The van der Waals surface area contributed by atoms with Crippen molar-refractivity contribution in [3.63, 3.8) is 0 Å². The molecule has 0 aromatic carbocycles. The minimum Gasteiger partial charge on any atom is -0.481 e. The van der Waals surface area contributed by atoms with Crippen LogP contribution in [0.4, 0.5) is 0 Å². The van der Waals surface area contributed by atoms with Crippen LogP contribution < -0.4 is 0 Å². The highest BCUT2D eigenvalue weighted by molar-refractivity contribution is 5.79. The van der Waals surface area contributed by atoms with Gasteiger partial charge in [-0.25, -0.2) is 0 Å². The Hall–Kier alpha value is -1.78. The Kier molecular flexibility index (Phi) is 3.93. The fourth-order valence-electron chi connectivity index (χ4n) is 2.77. The van der Waals surface area contributed by atoms with E-state index in [0.29, 0.717) is 25.0 Å². The van der Waals surface area contributed by atoms with Crippen LogP contribution in [0.3, 0.4) is 0 Å². The molecule has 0 radical (unpaired) electrons. The van der Waals surface area contributed by atoms with Gasteiger partial charge in [0, 0.05) is 12.5 Å². The van der Waals surface area contributed by atoms with Crippen LogP contribution in [-0.2, 0) is 9.59 Å². The molecule has 19 heavy (non-hydrogen) atoms. The predicted octanol–water partition coefficient (Wildman–Crippen LogP) is 2.44. The van der Waals surface area contributed by atoms with Gasteiger partial charge in [-0.05, 0) is 38.8 Å². The molecule has 0 saturated carbocycles. The van der Waals surface area contributed by atoms with Crippen molar-refractivity contribution in [3.8, 4) is 0 Å². The van der Waals surface area contributed by atoms with Gasteiger partial charge in [-0.3, -0.25) is 9.59 Å². The highest BCUT2D eigenvalue weighted by atomic mass is 16.4. The maximum Gasteiger partial charge on any atom is 0.309 e. The van der Waals surface area contributed by atoms with E-state index >= 15 is 0 Å². The average Bonchev–Trinajstić information content (AvgIpc) is 2.78. The topological polar surface area (TPSA) is 70.8 Å². The Bertz CT molecular complexity index is 452. The zero-order valence-corrected chi connectivity index (χ0v) is 11.2. The molecule has 1 saturated heterocycles. The van der Waals surface area contributed by atoms with E-state index in [4.69, 9.17) is 4.42 Å². The molecule has 5 nitrogen and oxygen atoms in total. The van der Waals surface area contributed by atoms with Gasteiger partial charge in [0.2, 0.25) is 5.91 Å². The number of hydrogen-bond acceptors (Lipinski definition) is 3. The number of furan rings is 1. The van der Waals surface area contributed by atoms with E-state index in [9.17, 15) is 14.7 Å². The van der Waals surface area contributed by atoms with Crippen LogP contribution in [0, 0.1) is 5.92 Å². The van der Waals surface area contributed by atoms with Crippen LogP contribution in [0.1, 0.15) is 44.9 Å². The van der Waals surface area contributed by atoms with E-state index in [1.54, 1.807) is 17.0 Å². The van der Waals surface area contributed by atoms with Gasteiger partial charge in [0.25, 0.3) is 0 Å². The number of carboxylic acid groups (broad SMARTS) is 1. The van der Waals surface area contributed by atoms with Gasteiger partial charge in [-0.1, -0.05) is 0 Å². The first-order chi connectivity index (χ1) is 9.02. The van der Waals surface area contributed by atoms with Crippen LogP contribution in [0.25, 0.3) is 0 Å². The zero-order valence-electron chi connectivity index (χ0n) is 11.2. The molecule has 104 valence electrons. The molecule has 2 heterocycles. The third-order valence-corrected chi connectivity index (χ3v) is 3.58. The summed E-state index contributed by atoms with van der Waals surface area (Å²) in [6.45, 7) is 3.80. The standard InChI is InChI=1S/C14H19NO4/c1-9(2)15-12(16)7-3-5-10(14(17)18)13(15)11-6-4-8-19-11/h4,6,8-10,13H,3,5,7H2,1-2H3,(H,17,18). The Balaban J connectivity index is 2.45. The molecule has 0 aliphatic carbocycles. The lowest BCUT2D eigenvalue weighted by atomic mass is 9.92. The second-order valence-electron chi connectivity index (χ2n) is 5.19. The summed E-state index contributed by atoms with van der Waals surface area (Å²) in [5.74, 6) is -0.932. The monoisotopic (exact) mass is 265 g/mol. The quantitative estimate of drug-likeness (QED) is 0.911. The number of hydrogen-bond donors (Lipinski definition) is 1. The molecule has 1 N–H and O–H groups in total. The fraction of sp³-hybridized carbons (Fsp3) is 0.571. The summed E-state index contributed by atoms with van der Waals surface area (Å²) in [4.78, 5) is 25.4. The van der Waals surface area contributed by atoms with Crippen LogP contribution in [0.15, 0.2) is 22.8 Å². The summed E-state index contributed by atoms with van der Waals surface area (Å²) in [5.41, 5.74) is 0. The van der Waals surface area contributed by atoms with E-state index in [2.05, 4.69) is 0 Å². The second-order valence-corrected chi connectivity index (χ2v) is 5.19. The molecule has 1 aliphatic rings. The molecule has 1 aromatic rings. The summed E-state index contributed by atoms with van der Waals surface area (Å²) in [6.07, 6.45) is 3.02. The van der Waals surface area contributed by atoms with Crippen LogP contribution >= 0.6 is 0 Å². The number of likely N-dealkylation sites (tertiary alicyclic amines) is 1. The summed E-state index contributed by atoms with van der Waals surface area (Å²) in [7, 11) is 0. The third kappa shape index (κ3) is 2.64. The lowest BCUT2D eigenvalue weighted by molar-refractivity contribution is -0.147. The fourth-order valence-corrected chi connectivity index (χ4v) is 2.77. The van der Waals surface area contributed by atoms with E-state index in [1.165, 1.54) is 6.26 Å². The first kappa shape index (κ1) is 13.6. The normalized spacial score (nSPS) is 24.6. The largest absolute Gasteiger partial charge is 0.481 e. The number of carboxylic acids is 1. The van der Waals surface area contributed by atoms with Gasteiger partial charge in [-0.15, -0.1) is 0 Å². The molecule has 0 bridgehead atoms. The molecule has 1 aliphatic heterocycles. The van der Waals surface area contributed by atoms with Crippen LogP contribution in [0.2, 0.25) is 0 Å². The van der Waals surface area contributed by atoms with Gasteiger partial charge in [0.05, 0.1) is 12.2 Å². The van der Waals surface area contributed by atoms with Crippen molar-refractivity contribution in [2.45, 2.75) is 45.2 Å². The average molecular weight is 265 g/mol. The van der Waals surface area contributed by atoms with Gasteiger partial charge in [0.15, 0.2) is 0 Å². The summed E-state index contributed by atoms with van der Waals surface area (Å²) in [6, 6.07) is 2.90. The van der Waals surface area contributed by atoms with Crippen molar-refractivity contribution in [3.05, 3.63) is 24.2 Å². The number of nitrogens with zero attached hydrogens (tertiary/aromatic N) is 1. The lowest BCUT2D eigenvalue weighted by Crippen LogP contribution is -2.43. The van der Waals surface area contributed by atoms with E-state index in [-0.39, 0.29) is 11.9 Å². The highest BCUT2D eigenvalue weighted by Gasteiger charge is 2.41. The summed E-state index contributed by atoms with van der Waals surface area (Å²) >= 11 is 0. The minimum atomic E-state index is -0.873. The molecule has 5 heteroatoms. The van der Waals surface area contributed by atoms with Crippen molar-refractivity contribution in [1.29, 1.82) is 0 Å². The van der Waals surface area contributed by atoms with Crippen molar-refractivity contribution in [2.24, 2.45) is 5.92 Å². The van der Waals surface area contributed by atoms with E-state index in [0.717, 1.165) is 0 Å². The van der Waals surface area contributed by atoms with Crippen molar-refractivity contribution >= 4 is 11.9 Å². The number of carbonyl (C=O) groups excluding carboxylic acids is 1. The molecule has 2 unspecified atom stereocenters. The Labute approximate surface area is 112 Å². The molecule has 0 spiro atoms. The van der Waals surface area contributed by atoms with Gasteiger partial charge in [-0.2, -0.15) is 0 Å². The molecule has 2 rings (SSSR count). The number of rotatable bonds is 3. The third-order valence-electron chi connectivity index (χ3n) is 3.58. The Morgan fingerprint density at radius 1 is 1.53 bits per heavy atom. The number of amides is 1. The second kappa shape index (κ2) is 5.47. The summed E-state index contributed by atoms with van der Waals surface area (Å²) in [5, 5.41) is 9.44. The number of carbonyl (C=O) groups is 2. The Morgan fingerprint density at radius 2 is 2.26 bits per heavy atom. The van der Waals surface area contributed by atoms with Crippen molar-refractivity contribution in [2.75, 3.05) is 0 Å². The first-order valence-corrected chi connectivity index (χ1v) is 6.59. The van der Waals surface area contributed by atoms with Crippen molar-refractivity contribution in [1.82, 2.24) is 4.90 Å².